The van der Waals surface area contributed by atoms with Gasteiger partial charge in [0.2, 0.25) is 0 Å². The summed E-state index contributed by atoms with van der Waals surface area (Å²) < 4.78 is 13.9. The van der Waals surface area contributed by atoms with Crippen molar-refractivity contribution >= 4 is 5.91 Å². The zero-order valence-corrected chi connectivity index (χ0v) is 18.2. The van der Waals surface area contributed by atoms with Gasteiger partial charge in [0.1, 0.15) is 5.75 Å². The third-order valence-corrected chi connectivity index (χ3v) is 6.51. The Morgan fingerprint density at radius 1 is 1.09 bits per heavy atom. The largest absolute Gasteiger partial charge is 0.477 e. The van der Waals surface area contributed by atoms with Crippen molar-refractivity contribution in [2.45, 2.75) is 50.3 Å². The summed E-state index contributed by atoms with van der Waals surface area (Å²) in [6.07, 6.45) is 5.92. The van der Waals surface area contributed by atoms with E-state index in [9.17, 15) is 4.79 Å². The number of para-hydroxylation sites is 1. The summed E-state index contributed by atoms with van der Waals surface area (Å²) in [5.74, 6) is 0.655. The molecule has 32 heavy (non-hydrogen) atoms. The number of rotatable bonds is 6. The first-order valence-corrected chi connectivity index (χ1v) is 11.4. The summed E-state index contributed by atoms with van der Waals surface area (Å²) in [5, 5.41) is 7.97. The van der Waals surface area contributed by atoms with Crippen LogP contribution in [-0.4, -0.2) is 34.5 Å². The molecule has 1 saturated heterocycles. The summed E-state index contributed by atoms with van der Waals surface area (Å²) in [6.45, 7) is 1.78. The number of fused-ring (bicyclic) bond motifs is 1. The third-order valence-electron chi connectivity index (χ3n) is 6.51. The van der Waals surface area contributed by atoms with Crippen molar-refractivity contribution in [1.82, 2.24) is 15.1 Å². The van der Waals surface area contributed by atoms with Gasteiger partial charge in [0, 0.05) is 24.1 Å². The zero-order chi connectivity index (χ0) is 21.8. The minimum absolute atomic E-state index is 0.0464. The fraction of sp³-hybridized carbons (Fsp3) is 0.385. The molecule has 6 nitrogen and oxygen atoms in total. The number of aromatic nitrogens is 2. The highest BCUT2D eigenvalue weighted by Gasteiger charge is 2.44. The highest BCUT2D eigenvalue weighted by molar-refractivity contribution is 5.86. The second-order valence-corrected chi connectivity index (χ2v) is 8.63. The topological polar surface area (TPSA) is 65.4 Å². The molecule has 1 aromatic heterocycles. The molecule has 2 aliphatic rings. The summed E-state index contributed by atoms with van der Waals surface area (Å²) in [5.41, 5.74) is 2.66. The highest BCUT2D eigenvalue weighted by Crippen LogP contribution is 2.33. The number of amides is 1. The van der Waals surface area contributed by atoms with Crippen molar-refractivity contribution < 1.29 is 14.3 Å². The fourth-order valence-electron chi connectivity index (χ4n) is 4.74. The molecule has 1 aliphatic carbocycles. The molecular formula is C26H29N3O3. The van der Waals surface area contributed by atoms with E-state index in [2.05, 4.69) is 27.2 Å². The van der Waals surface area contributed by atoms with Gasteiger partial charge in [-0.1, -0.05) is 48.5 Å². The molecule has 2 heterocycles. The van der Waals surface area contributed by atoms with Gasteiger partial charge in [-0.15, -0.1) is 0 Å². The lowest BCUT2D eigenvalue weighted by Gasteiger charge is -2.37. The van der Waals surface area contributed by atoms with Gasteiger partial charge in [-0.25, -0.2) is 0 Å². The van der Waals surface area contributed by atoms with Crippen LogP contribution < -0.4 is 10.1 Å². The summed E-state index contributed by atoms with van der Waals surface area (Å²) in [6, 6.07) is 19.9. The molecule has 6 heteroatoms. The van der Waals surface area contributed by atoms with Gasteiger partial charge in [-0.05, 0) is 37.0 Å². The predicted molar refractivity (Wildman–Crippen MR) is 121 cm³/mol. The molecule has 1 atom stereocenters. The van der Waals surface area contributed by atoms with Crippen molar-refractivity contribution in [2.24, 2.45) is 0 Å². The van der Waals surface area contributed by atoms with E-state index in [-0.39, 0.29) is 11.9 Å². The van der Waals surface area contributed by atoms with Gasteiger partial charge in [0.25, 0.3) is 5.91 Å². The SMILES string of the molecule is O=C(NC1CCCc2c1cnn2Cc1ccccc1)C1(Oc2ccccc2)CCOCC1. The van der Waals surface area contributed by atoms with Crippen molar-refractivity contribution in [2.75, 3.05) is 13.2 Å². The maximum absolute atomic E-state index is 13.6. The van der Waals surface area contributed by atoms with Gasteiger partial charge in [-0.3, -0.25) is 9.48 Å². The van der Waals surface area contributed by atoms with Crippen molar-refractivity contribution in [1.29, 1.82) is 0 Å². The Balaban J connectivity index is 1.35. The van der Waals surface area contributed by atoms with E-state index in [1.165, 1.54) is 11.3 Å². The molecular weight excluding hydrogens is 402 g/mol. The van der Waals surface area contributed by atoms with E-state index in [4.69, 9.17) is 9.47 Å². The van der Waals surface area contributed by atoms with Gasteiger partial charge >= 0.3 is 0 Å². The van der Waals surface area contributed by atoms with E-state index in [0.29, 0.717) is 31.8 Å². The van der Waals surface area contributed by atoms with E-state index < -0.39 is 5.60 Å². The maximum atomic E-state index is 13.6. The number of hydrogen-bond acceptors (Lipinski definition) is 4. The Hall–Kier alpha value is -3.12. The zero-order valence-electron chi connectivity index (χ0n) is 18.2. The Kier molecular flexibility index (Phi) is 5.95. The van der Waals surface area contributed by atoms with Crippen LogP contribution >= 0.6 is 0 Å². The first-order chi connectivity index (χ1) is 15.7. The molecule has 5 rings (SSSR count). The predicted octanol–water partition coefficient (Wildman–Crippen LogP) is 4.05. The lowest BCUT2D eigenvalue weighted by Crippen LogP contribution is -2.55. The van der Waals surface area contributed by atoms with Crippen LogP contribution in [0.5, 0.6) is 5.75 Å². The summed E-state index contributed by atoms with van der Waals surface area (Å²) in [7, 11) is 0. The number of hydrogen-bond donors (Lipinski definition) is 1. The molecule has 1 aliphatic heterocycles. The second-order valence-electron chi connectivity index (χ2n) is 8.63. The average Bonchev–Trinajstić information content (AvgIpc) is 3.25. The number of ether oxygens (including phenoxy) is 2. The van der Waals surface area contributed by atoms with Crippen LogP contribution in [0.15, 0.2) is 66.9 Å². The number of carbonyl (C=O) groups is 1. The van der Waals surface area contributed by atoms with Crippen molar-refractivity contribution in [3.63, 3.8) is 0 Å². The Labute approximate surface area is 188 Å². The summed E-state index contributed by atoms with van der Waals surface area (Å²) >= 11 is 0. The molecule has 0 bridgehead atoms. The van der Waals surface area contributed by atoms with Crippen LogP contribution in [-0.2, 0) is 22.5 Å². The maximum Gasteiger partial charge on any atom is 0.264 e. The Morgan fingerprint density at radius 3 is 2.56 bits per heavy atom. The molecule has 3 aromatic rings. The number of nitrogens with one attached hydrogen (secondary N) is 1. The van der Waals surface area contributed by atoms with E-state index >= 15 is 0 Å². The van der Waals surface area contributed by atoms with Gasteiger partial charge < -0.3 is 14.8 Å². The first-order valence-electron chi connectivity index (χ1n) is 11.4. The molecule has 0 spiro atoms. The quantitative estimate of drug-likeness (QED) is 0.639. The standard InChI is InChI=1S/C26H29N3O3/c30-25(26(14-16-31-17-15-26)32-21-10-5-2-6-11-21)28-23-12-7-13-24-22(23)18-27-29(24)19-20-8-3-1-4-9-20/h1-6,8-11,18,23H,7,12-17,19H2,(H,28,30). The fourth-order valence-corrected chi connectivity index (χ4v) is 4.74. The van der Waals surface area contributed by atoms with E-state index in [0.717, 1.165) is 31.4 Å². The molecule has 2 aromatic carbocycles. The van der Waals surface area contributed by atoms with Gasteiger partial charge in [0.15, 0.2) is 5.60 Å². The van der Waals surface area contributed by atoms with Crippen LogP contribution in [0, 0.1) is 0 Å². The number of nitrogens with zero attached hydrogens (tertiary/aromatic N) is 2. The minimum Gasteiger partial charge on any atom is -0.477 e. The second kappa shape index (κ2) is 9.17. The molecule has 1 N–H and O–H groups in total. The molecule has 0 saturated carbocycles. The van der Waals surface area contributed by atoms with Crippen LogP contribution in [0.4, 0.5) is 0 Å². The lowest BCUT2D eigenvalue weighted by atomic mass is 9.89. The van der Waals surface area contributed by atoms with E-state index in [1.54, 1.807) is 0 Å². The van der Waals surface area contributed by atoms with Gasteiger partial charge in [0.05, 0.1) is 32.0 Å². The van der Waals surface area contributed by atoms with Crippen LogP contribution in [0.25, 0.3) is 0 Å². The smallest absolute Gasteiger partial charge is 0.264 e. The first kappa shape index (κ1) is 20.8. The Bertz CT molecular complexity index is 1040. The van der Waals surface area contributed by atoms with Crippen LogP contribution in [0.1, 0.15) is 48.5 Å². The van der Waals surface area contributed by atoms with Crippen molar-refractivity contribution in [3.8, 4) is 5.75 Å². The monoisotopic (exact) mass is 431 g/mol. The number of carbonyl (C=O) groups excluding carboxylic acids is 1. The molecule has 0 radical (unpaired) electrons. The molecule has 1 amide bonds. The number of benzene rings is 2. The third kappa shape index (κ3) is 4.28. The van der Waals surface area contributed by atoms with Crippen LogP contribution in [0.3, 0.4) is 0 Å². The summed E-state index contributed by atoms with van der Waals surface area (Å²) in [4.78, 5) is 13.6. The highest BCUT2D eigenvalue weighted by atomic mass is 16.5. The molecule has 166 valence electrons. The van der Waals surface area contributed by atoms with E-state index in [1.807, 2.05) is 54.7 Å². The minimum atomic E-state index is -0.906. The van der Waals surface area contributed by atoms with Crippen molar-refractivity contribution in [3.05, 3.63) is 83.7 Å². The Morgan fingerprint density at radius 2 is 1.81 bits per heavy atom. The molecule has 1 unspecified atom stereocenters. The average molecular weight is 432 g/mol. The molecule has 1 fully saturated rings. The van der Waals surface area contributed by atoms with Gasteiger partial charge in [-0.2, -0.15) is 5.10 Å². The normalized spacial score (nSPS) is 19.7. The van der Waals surface area contributed by atoms with Crippen LogP contribution in [0.2, 0.25) is 0 Å². The lowest BCUT2D eigenvalue weighted by molar-refractivity contribution is -0.146.